The summed E-state index contributed by atoms with van der Waals surface area (Å²) in [5, 5.41) is 3.32. The average Bonchev–Trinajstić information content (AvgIpc) is 2.34. The molecule has 2 nitrogen and oxygen atoms in total. The van der Waals surface area contributed by atoms with Crippen LogP contribution in [0.15, 0.2) is 46.9 Å². The van der Waals surface area contributed by atoms with E-state index >= 15 is 0 Å². The molecule has 0 spiro atoms. The van der Waals surface area contributed by atoms with Crippen LogP contribution in [0.5, 0.6) is 0 Å². The SMILES string of the molecule is Cc1ccc(Nc2ccccc2C(N)=S)cc1Br. The van der Waals surface area contributed by atoms with Gasteiger partial charge < -0.3 is 11.1 Å². The Labute approximate surface area is 120 Å². The lowest BCUT2D eigenvalue weighted by atomic mass is 10.1. The Kier molecular flexibility index (Phi) is 3.99. The molecule has 2 aromatic carbocycles. The van der Waals surface area contributed by atoms with E-state index in [2.05, 4.69) is 34.2 Å². The Balaban J connectivity index is 2.34. The number of hydrogen-bond acceptors (Lipinski definition) is 2. The zero-order valence-electron chi connectivity index (χ0n) is 9.91. The highest BCUT2D eigenvalue weighted by Crippen LogP contribution is 2.25. The fourth-order valence-corrected chi connectivity index (χ4v) is 2.19. The van der Waals surface area contributed by atoms with Crippen molar-refractivity contribution in [3.63, 3.8) is 0 Å². The summed E-state index contributed by atoms with van der Waals surface area (Å²) < 4.78 is 1.07. The molecule has 2 aromatic rings. The summed E-state index contributed by atoms with van der Waals surface area (Å²) in [5.41, 5.74) is 9.67. The molecule has 0 amide bonds. The molecule has 0 aromatic heterocycles. The first kappa shape index (κ1) is 13.1. The molecule has 2 rings (SSSR count). The van der Waals surface area contributed by atoms with Gasteiger partial charge in [0.2, 0.25) is 0 Å². The lowest BCUT2D eigenvalue weighted by Crippen LogP contribution is -2.11. The summed E-state index contributed by atoms with van der Waals surface area (Å²) in [6.07, 6.45) is 0. The predicted molar refractivity (Wildman–Crippen MR) is 84.5 cm³/mol. The first-order valence-electron chi connectivity index (χ1n) is 5.50. The Morgan fingerprint density at radius 1 is 1.22 bits per heavy atom. The van der Waals surface area contributed by atoms with Crippen molar-refractivity contribution in [2.24, 2.45) is 5.73 Å². The van der Waals surface area contributed by atoms with Crippen LogP contribution in [0.25, 0.3) is 0 Å². The van der Waals surface area contributed by atoms with Crippen LogP contribution in [-0.4, -0.2) is 4.99 Å². The summed E-state index contributed by atoms with van der Waals surface area (Å²) in [4.78, 5) is 0.393. The molecule has 0 aliphatic heterocycles. The Morgan fingerprint density at radius 2 is 1.94 bits per heavy atom. The summed E-state index contributed by atoms with van der Waals surface area (Å²) in [7, 11) is 0. The molecular weight excluding hydrogens is 308 g/mol. The zero-order chi connectivity index (χ0) is 13.1. The maximum Gasteiger partial charge on any atom is 0.106 e. The zero-order valence-corrected chi connectivity index (χ0v) is 12.3. The van der Waals surface area contributed by atoms with Crippen LogP contribution < -0.4 is 11.1 Å². The first-order chi connectivity index (χ1) is 8.58. The fraction of sp³-hybridized carbons (Fsp3) is 0.0714. The van der Waals surface area contributed by atoms with Gasteiger partial charge in [0.15, 0.2) is 0 Å². The van der Waals surface area contributed by atoms with E-state index in [1.807, 2.05) is 36.4 Å². The van der Waals surface area contributed by atoms with E-state index in [0.717, 1.165) is 21.4 Å². The van der Waals surface area contributed by atoms with Crippen LogP contribution in [0.1, 0.15) is 11.1 Å². The van der Waals surface area contributed by atoms with E-state index in [1.54, 1.807) is 0 Å². The second kappa shape index (κ2) is 5.50. The largest absolute Gasteiger partial charge is 0.389 e. The standard InChI is InChI=1S/C14H13BrN2S/c1-9-6-7-10(8-12(9)15)17-13-5-3-2-4-11(13)14(16)18/h2-8,17H,1H3,(H2,16,18). The van der Waals surface area contributed by atoms with Crippen LogP contribution in [-0.2, 0) is 0 Å². The predicted octanol–water partition coefficient (Wildman–Crippen LogP) is 4.14. The highest BCUT2D eigenvalue weighted by molar-refractivity contribution is 9.10. The van der Waals surface area contributed by atoms with Crippen molar-refractivity contribution in [2.75, 3.05) is 5.32 Å². The Hall–Kier alpha value is -1.39. The number of nitrogens with two attached hydrogens (primary N) is 1. The van der Waals surface area contributed by atoms with Gasteiger partial charge in [-0.2, -0.15) is 0 Å². The van der Waals surface area contributed by atoms with Crippen LogP contribution in [0.4, 0.5) is 11.4 Å². The minimum absolute atomic E-state index is 0.393. The molecule has 4 heteroatoms. The van der Waals surface area contributed by atoms with Crippen molar-refractivity contribution in [3.8, 4) is 0 Å². The Bertz CT molecular complexity index is 596. The number of benzene rings is 2. The third-order valence-electron chi connectivity index (χ3n) is 2.64. The van der Waals surface area contributed by atoms with Crippen molar-refractivity contribution in [1.82, 2.24) is 0 Å². The minimum Gasteiger partial charge on any atom is -0.389 e. The van der Waals surface area contributed by atoms with Crippen LogP contribution in [0.3, 0.4) is 0 Å². The highest BCUT2D eigenvalue weighted by Gasteiger charge is 2.05. The van der Waals surface area contributed by atoms with Gasteiger partial charge in [-0.25, -0.2) is 0 Å². The number of nitrogens with one attached hydrogen (secondary N) is 1. The third-order valence-corrected chi connectivity index (χ3v) is 3.72. The number of hydrogen-bond donors (Lipinski definition) is 2. The van der Waals surface area contributed by atoms with E-state index in [1.165, 1.54) is 5.56 Å². The monoisotopic (exact) mass is 320 g/mol. The second-order valence-corrected chi connectivity index (χ2v) is 5.29. The van der Waals surface area contributed by atoms with Crippen LogP contribution in [0, 0.1) is 6.92 Å². The van der Waals surface area contributed by atoms with E-state index in [9.17, 15) is 0 Å². The van der Waals surface area contributed by atoms with Crippen molar-refractivity contribution in [3.05, 3.63) is 58.1 Å². The third kappa shape index (κ3) is 2.89. The molecular formula is C14H13BrN2S. The molecule has 0 radical (unpaired) electrons. The van der Waals surface area contributed by atoms with Crippen LogP contribution in [0.2, 0.25) is 0 Å². The molecule has 0 saturated heterocycles. The van der Waals surface area contributed by atoms with E-state index < -0.39 is 0 Å². The van der Waals surface area contributed by atoms with Crippen LogP contribution >= 0.6 is 28.1 Å². The molecule has 0 heterocycles. The molecule has 0 fully saturated rings. The molecule has 0 unspecified atom stereocenters. The number of halogens is 1. The van der Waals surface area contributed by atoms with Gasteiger partial charge in [0, 0.05) is 21.4 Å². The maximum absolute atomic E-state index is 5.70. The van der Waals surface area contributed by atoms with Crippen molar-refractivity contribution in [1.29, 1.82) is 0 Å². The quantitative estimate of drug-likeness (QED) is 0.835. The smallest absolute Gasteiger partial charge is 0.106 e. The lowest BCUT2D eigenvalue weighted by molar-refractivity contribution is 1.41. The first-order valence-corrected chi connectivity index (χ1v) is 6.70. The number of aryl methyl sites for hydroxylation is 1. The average molecular weight is 321 g/mol. The topological polar surface area (TPSA) is 38.0 Å². The van der Waals surface area contributed by atoms with Crippen molar-refractivity contribution >= 4 is 44.5 Å². The fourth-order valence-electron chi connectivity index (χ4n) is 1.63. The summed E-state index contributed by atoms with van der Waals surface area (Å²) in [6, 6.07) is 13.9. The van der Waals surface area contributed by atoms with E-state index in [0.29, 0.717) is 4.99 Å². The maximum atomic E-state index is 5.70. The molecule has 0 bridgehead atoms. The number of anilines is 2. The molecule has 0 aliphatic carbocycles. The minimum atomic E-state index is 0.393. The normalized spacial score (nSPS) is 10.1. The van der Waals surface area contributed by atoms with Gasteiger partial charge >= 0.3 is 0 Å². The molecule has 0 aliphatic rings. The lowest BCUT2D eigenvalue weighted by Gasteiger charge is -2.12. The number of thiocarbonyl (C=S) groups is 1. The molecule has 92 valence electrons. The molecule has 0 saturated carbocycles. The van der Waals surface area contributed by atoms with Gasteiger partial charge in [0.05, 0.1) is 0 Å². The van der Waals surface area contributed by atoms with Gasteiger partial charge in [-0.15, -0.1) is 0 Å². The highest BCUT2D eigenvalue weighted by atomic mass is 79.9. The van der Waals surface area contributed by atoms with Gasteiger partial charge in [0.25, 0.3) is 0 Å². The van der Waals surface area contributed by atoms with Crippen molar-refractivity contribution in [2.45, 2.75) is 6.92 Å². The summed E-state index contributed by atoms with van der Waals surface area (Å²) in [6.45, 7) is 2.05. The Morgan fingerprint density at radius 3 is 2.61 bits per heavy atom. The van der Waals surface area contributed by atoms with Gasteiger partial charge in [0.1, 0.15) is 4.99 Å². The second-order valence-electron chi connectivity index (χ2n) is 4.00. The number of para-hydroxylation sites is 1. The molecule has 3 N–H and O–H groups in total. The van der Waals surface area contributed by atoms with Gasteiger partial charge in [-0.1, -0.05) is 46.3 Å². The van der Waals surface area contributed by atoms with Gasteiger partial charge in [-0.3, -0.25) is 0 Å². The summed E-state index contributed by atoms with van der Waals surface area (Å²) >= 11 is 8.56. The van der Waals surface area contributed by atoms with Crippen molar-refractivity contribution < 1.29 is 0 Å². The van der Waals surface area contributed by atoms with Gasteiger partial charge in [-0.05, 0) is 36.8 Å². The number of rotatable bonds is 3. The van der Waals surface area contributed by atoms with E-state index in [-0.39, 0.29) is 0 Å². The molecule has 0 atom stereocenters. The molecule has 18 heavy (non-hydrogen) atoms. The van der Waals surface area contributed by atoms with E-state index in [4.69, 9.17) is 18.0 Å². The summed E-state index contributed by atoms with van der Waals surface area (Å²) in [5.74, 6) is 0.